The van der Waals surface area contributed by atoms with Crippen molar-refractivity contribution in [3.05, 3.63) is 59.9 Å². The molecule has 1 aliphatic heterocycles. The zero-order chi connectivity index (χ0) is 18.4. The molecule has 1 saturated heterocycles. The highest BCUT2D eigenvalue weighted by Gasteiger charge is 2.17. The van der Waals surface area contributed by atoms with Crippen LogP contribution in [0.5, 0.6) is 0 Å². The fourth-order valence-corrected chi connectivity index (χ4v) is 2.99. The molecule has 5 nitrogen and oxygen atoms in total. The van der Waals surface area contributed by atoms with E-state index in [9.17, 15) is 9.18 Å². The van der Waals surface area contributed by atoms with E-state index in [1.807, 2.05) is 0 Å². The molecule has 2 aromatic carbocycles. The van der Waals surface area contributed by atoms with Crippen molar-refractivity contribution < 1.29 is 9.18 Å². The summed E-state index contributed by atoms with van der Waals surface area (Å²) in [4.78, 5) is 16.6. The second kappa shape index (κ2) is 8.45. The monoisotopic (exact) mass is 352 g/mol. The maximum atomic E-state index is 13.0. The maximum Gasteiger partial charge on any atom is 0.225 e. The molecule has 26 heavy (non-hydrogen) atoms. The molecule has 1 aliphatic rings. The Morgan fingerprint density at radius 2 is 1.69 bits per heavy atom. The van der Waals surface area contributed by atoms with Crippen LogP contribution in [0.25, 0.3) is 0 Å². The van der Waals surface area contributed by atoms with E-state index in [0.717, 1.165) is 31.9 Å². The number of nitrogens with zero attached hydrogens (tertiary/aromatic N) is 3. The zero-order valence-corrected chi connectivity index (χ0v) is 14.5. The van der Waals surface area contributed by atoms with E-state index in [4.69, 9.17) is 5.26 Å². The van der Waals surface area contributed by atoms with Gasteiger partial charge in [0.25, 0.3) is 0 Å². The second-order valence-corrected chi connectivity index (χ2v) is 6.29. The largest absolute Gasteiger partial charge is 0.369 e. The van der Waals surface area contributed by atoms with Crippen LogP contribution in [0.15, 0.2) is 48.5 Å². The molecular formula is C20H21FN4O. The average molecular weight is 352 g/mol. The lowest BCUT2D eigenvalue weighted by Gasteiger charge is -2.36. The highest BCUT2D eigenvalue weighted by molar-refractivity contribution is 5.90. The van der Waals surface area contributed by atoms with E-state index in [1.165, 1.54) is 12.1 Å². The van der Waals surface area contributed by atoms with Gasteiger partial charge >= 0.3 is 0 Å². The molecule has 2 aromatic rings. The van der Waals surface area contributed by atoms with Crippen molar-refractivity contribution in [3.8, 4) is 6.07 Å². The number of hydrogen-bond donors (Lipinski definition) is 1. The number of halogens is 1. The van der Waals surface area contributed by atoms with Gasteiger partial charge in [0.1, 0.15) is 5.82 Å². The Hall–Kier alpha value is -2.91. The molecule has 0 radical (unpaired) electrons. The van der Waals surface area contributed by atoms with Gasteiger partial charge in [-0.3, -0.25) is 9.69 Å². The van der Waals surface area contributed by atoms with Gasteiger partial charge in [-0.25, -0.2) is 4.39 Å². The minimum atomic E-state index is -0.222. The quantitative estimate of drug-likeness (QED) is 0.899. The van der Waals surface area contributed by atoms with Crippen LogP contribution < -0.4 is 10.2 Å². The fourth-order valence-electron chi connectivity index (χ4n) is 2.99. The predicted molar refractivity (Wildman–Crippen MR) is 99.5 cm³/mol. The summed E-state index contributed by atoms with van der Waals surface area (Å²) in [7, 11) is 0. The lowest BCUT2D eigenvalue weighted by Crippen LogP contribution is -2.47. The molecule has 1 fully saturated rings. The van der Waals surface area contributed by atoms with E-state index in [-0.39, 0.29) is 11.7 Å². The molecule has 3 rings (SSSR count). The molecule has 0 atom stereocenters. The predicted octanol–water partition coefficient (Wildman–Crippen LogP) is 2.85. The summed E-state index contributed by atoms with van der Waals surface area (Å²) in [6.45, 7) is 4.19. The second-order valence-electron chi connectivity index (χ2n) is 6.29. The third kappa shape index (κ3) is 4.80. The maximum absolute atomic E-state index is 13.0. The topological polar surface area (TPSA) is 59.4 Å². The number of rotatable bonds is 5. The molecule has 1 heterocycles. The highest BCUT2D eigenvalue weighted by atomic mass is 19.1. The minimum Gasteiger partial charge on any atom is -0.369 e. The standard InChI is InChI=1S/C20H21FN4O/c21-17-3-7-19(8-4-17)25-13-11-24(12-14-25)10-9-20(26)23-18-5-1-16(15-22)2-6-18/h1-8H,9-14H2,(H,23,26). The van der Waals surface area contributed by atoms with Crippen LogP contribution in [0.4, 0.5) is 15.8 Å². The van der Waals surface area contributed by atoms with Crippen molar-refractivity contribution in [2.75, 3.05) is 42.9 Å². The summed E-state index contributed by atoms with van der Waals surface area (Å²) < 4.78 is 13.0. The van der Waals surface area contributed by atoms with Gasteiger partial charge in [-0.05, 0) is 48.5 Å². The SMILES string of the molecule is N#Cc1ccc(NC(=O)CCN2CCN(c3ccc(F)cc3)CC2)cc1. The fraction of sp³-hybridized carbons (Fsp3) is 0.300. The summed E-state index contributed by atoms with van der Waals surface area (Å²) in [6.07, 6.45) is 0.427. The van der Waals surface area contributed by atoms with E-state index in [1.54, 1.807) is 36.4 Å². The van der Waals surface area contributed by atoms with Crippen LogP contribution in [0, 0.1) is 17.1 Å². The Bertz CT molecular complexity index is 775. The number of anilines is 2. The van der Waals surface area contributed by atoms with Crippen molar-refractivity contribution >= 4 is 17.3 Å². The first kappa shape index (κ1) is 17.9. The Labute approximate surface area is 152 Å². The van der Waals surface area contributed by atoms with Gasteiger partial charge < -0.3 is 10.2 Å². The molecule has 1 N–H and O–H groups in total. The molecule has 6 heteroatoms. The van der Waals surface area contributed by atoms with Gasteiger partial charge in [0.05, 0.1) is 11.6 Å². The van der Waals surface area contributed by atoms with Gasteiger partial charge in [0.2, 0.25) is 5.91 Å². The molecule has 0 bridgehead atoms. The number of amides is 1. The summed E-state index contributed by atoms with van der Waals surface area (Å²) in [5.74, 6) is -0.253. The smallest absolute Gasteiger partial charge is 0.225 e. The third-order valence-corrected chi connectivity index (χ3v) is 4.52. The number of hydrogen-bond acceptors (Lipinski definition) is 4. The first-order valence-corrected chi connectivity index (χ1v) is 8.67. The lowest BCUT2D eigenvalue weighted by molar-refractivity contribution is -0.116. The number of nitrogens with one attached hydrogen (secondary N) is 1. The van der Waals surface area contributed by atoms with Gasteiger partial charge in [0, 0.05) is 50.5 Å². The van der Waals surface area contributed by atoms with Crippen molar-refractivity contribution in [2.24, 2.45) is 0 Å². The Balaban J connectivity index is 1.41. The molecule has 0 saturated carbocycles. The normalized spacial score (nSPS) is 14.7. The summed E-state index contributed by atoms with van der Waals surface area (Å²) >= 11 is 0. The zero-order valence-electron chi connectivity index (χ0n) is 14.5. The van der Waals surface area contributed by atoms with Gasteiger partial charge in [-0.15, -0.1) is 0 Å². The van der Waals surface area contributed by atoms with E-state index < -0.39 is 0 Å². The van der Waals surface area contributed by atoms with E-state index in [2.05, 4.69) is 21.2 Å². The number of nitriles is 1. The van der Waals surface area contributed by atoms with Crippen molar-refractivity contribution in [1.82, 2.24) is 4.90 Å². The van der Waals surface area contributed by atoms with Crippen molar-refractivity contribution in [2.45, 2.75) is 6.42 Å². The van der Waals surface area contributed by atoms with Crippen LogP contribution in [0.1, 0.15) is 12.0 Å². The summed E-state index contributed by atoms with van der Waals surface area (Å²) in [5, 5.41) is 11.6. The number of piperazine rings is 1. The van der Waals surface area contributed by atoms with Crippen molar-refractivity contribution in [3.63, 3.8) is 0 Å². The Morgan fingerprint density at radius 1 is 1.04 bits per heavy atom. The number of carbonyl (C=O) groups is 1. The molecule has 0 aromatic heterocycles. The first-order valence-electron chi connectivity index (χ1n) is 8.67. The first-order chi connectivity index (χ1) is 12.6. The average Bonchev–Trinajstić information content (AvgIpc) is 2.68. The van der Waals surface area contributed by atoms with Gasteiger partial charge in [-0.2, -0.15) is 5.26 Å². The Morgan fingerprint density at radius 3 is 2.31 bits per heavy atom. The Kier molecular flexibility index (Phi) is 5.82. The molecule has 0 aliphatic carbocycles. The van der Waals surface area contributed by atoms with E-state index in [0.29, 0.717) is 24.2 Å². The molecule has 0 unspecified atom stereocenters. The summed E-state index contributed by atoms with van der Waals surface area (Å²) in [6, 6.07) is 15.5. The molecule has 1 amide bonds. The molecular weight excluding hydrogens is 331 g/mol. The van der Waals surface area contributed by atoms with Crippen LogP contribution in [-0.4, -0.2) is 43.5 Å². The van der Waals surface area contributed by atoms with Crippen LogP contribution in [0.3, 0.4) is 0 Å². The van der Waals surface area contributed by atoms with E-state index >= 15 is 0 Å². The lowest BCUT2D eigenvalue weighted by atomic mass is 10.2. The van der Waals surface area contributed by atoms with Gasteiger partial charge in [-0.1, -0.05) is 0 Å². The summed E-state index contributed by atoms with van der Waals surface area (Å²) in [5.41, 5.74) is 2.31. The van der Waals surface area contributed by atoms with Crippen LogP contribution in [-0.2, 0) is 4.79 Å². The molecule has 0 spiro atoms. The van der Waals surface area contributed by atoms with Crippen molar-refractivity contribution in [1.29, 1.82) is 5.26 Å². The molecule has 134 valence electrons. The van der Waals surface area contributed by atoms with Crippen LogP contribution >= 0.6 is 0 Å². The number of benzene rings is 2. The van der Waals surface area contributed by atoms with Gasteiger partial charge in [0.15, 0.2) is 0 Å². The third-order valence-electron chi connectivity index (χ3n) is 4.52. The highest BCUT2D eigenvalue weighted by Crippen LogP contribution is 2.17. The van der Waals surface area contributed by atoms with Crippen LogP contribution in [0.2, 0.25) is 0 Å². The minimum absolute atomic E-state index is 0.0318. The number of carbonyl (C=O) groups excluding carboxylic acids is 1.